The van der Waals surface area contributed by atoms with E-state index in [1.165, 1.54) is 0 Å². The molecule has 2 aromatic rings. The number of rotatable bonds is 3. The highest BCUT2D eigenvalue weighted by Crippen LogP contribution is 2.30. The van der Waals surface area contributed by atoms with Gasteiger partial charge in [0.05, 0.1) is 12.1 Å². The van der Waals surface area contributed by atoms with E-state index >= 15 is 0 Å². The summed E-state index contributed by atoms with van der Waals surface area (Å²) in [5.41, 5.74) is 1.98. The van der Waals surface area contributed by atoms with Crippen LogP contribution >= 0.6 is 0 Å². The number of nitrogens with one attached hydrogen (secondary N) is 1. The number of aromatic amines is 1. The Bertz CT molecular complexity index is 731. The number of likely N-dealkylation sites (tertiary alicyclic amines) is 1. The molecule has 1 aliphatic rings. The average molecular weight is 297 g/mol. The van der Waals surface area contributed by atoms with Crippen LogP contribution in [-0.4, -0.2) is 47.0 Å². The van der Waals surface area contributed by atoms with Gasteiger partial charge in [0.1, 0.15) is 12.1 Å². The number of aromatic nitrogens is 2. The summed E-state index contributed by atoms with van der Waals surface area (Å²) < 4.78 is 0. The normalized spacial score (nSPS) is 21.0. The van der Waals surface area contributed by atoms with Gasteiger partial charge in [-0.1, -0.05) is 6.92 Å². The first-order chi connectivity index (χ1) is 10.6. The molecule has 6 nitrogen and oxygen atoms in total. The molecular formula is C16H19N5O. The maximum atomic E-state index is 11.9. The molecule has 1 N–H and O–H groups in total. The maximum absolute atomic E-state index is 11.9. The highest BCUT2D eigenvalue weighted by Gasteiger charge is 2.35. The Balaban J connectivity index is 1.83. The van der Waals surface area contributed by atoms with Gasteiger partial charge in [0.2, 0.25) is 5.91 Å². The monoisotopic (exact) mass is 297 g/mol. The number of carbonyl (C=O) groups excluding carboxylic acids is 1. The lowest BCUT2D eigenvalue weighted by Gasteiger charge is -2.29. The summed E-state index contributed by atoms with van der Waals surface area (Å²) in [5, 5.41) is 9.77. The minimum Gasteiger partial charge on any atom is -0.369 e. The first kappa shape index (κ1) is 14.4. The van der Waals surface area contributed by atoms with Crippen molar-refractivity contribution in [2.75, 3.05) is 25.0 Å². The van der Waals surface area contributed by atoms with Crippen molar-refractivity contribution < 1.29 is 4.79 Å². The molecule has 0 aromatic carbocycles. The third kappa shape index (κ3) is 2.39. The topological polar surface area (TPSA) is 76.0 Å². The summed E-state index contributed by atoms with van der Waals surface area (Å²) in [4.78, 5) is 23.4. The third-order valence-corrected chi connectivity index (χ3v) is 4.47. The number of nitriles is 1. The lowest BCUT2D eigenvalue weighted by molar-refractivity contribution is -0.129. The summed E-state index contributed by atoms with van der Waals surface area (Å²) in [6, 6.07) is 6.20. The Morgan fingerprint density at radius 2 is 2.36 bits per heavy atom. The standard InChI is InChI=1S/C16H19N5O/c1-11-9-21(15(22)3-6-17)10-14(11)20(2)13-5-8-19-16-12(13)4-7-18-16/h4-5,7-8,11,14H,3,9-10H2,1-2H3,(H,18,19)/t11-,14+/m0/s1. The quantitative estimate of drug-likeness (QED) is 0.936. The zero-order valence-electron chi connectivity index (χ0n) is 12.8. The van der Waals surface area contributed by atoms with Crippen molar-refractivity contribution in [3.63, 3.8) is 0 Å². The van der Waals surface area contributed by atoms with Gasteiger partial charge in [0.25, 0.3) is 0 Å². The van der Waals surface area contributed by atoms with Crippen molar-refractivity contribution in [3.05, 3.63) is 24.5 Å². The molecule has 0 aliphatic carbocycles. The fraction of sp³-hybridized carbons (Fsp3) is 0.438. The largest absolute Gasteiger partial charge is 0.369 e. The van der Waals surface area contributed by atoms with Crippen molar-refractivity contribution in [1.29, 1.82) is 5.26 Å². The molecule has 1 aliphatic heterocycles. The van der Waals surface area contributed by atoms with Gasteiger partial charge in [-0.3, -0.25) is 4.79 Å². The van der Waals surface area contributed by atoms with Gasteiger partial charge < -0.3 is 14.8 Å². The van der Waals surface area contributed by atoms with Gasteiger partial charge >= 0.3 is 0 Å². The van der Waals surface area contributed by atoms with E-state index in [0.29, 0.717) is 19.0 Å². The fourth-order valence-corrected chi connectivity index (χ4v) is 3.27. The van der Waals surface area contributed by atoms with E-state index in [1.807, 2.05) is 24.4 Å². The van der Waals surface area contributed by atoms with Crippen LogP contribution in [0.5, 0.6) is 0 Å². The smallest absolute Gasteiger partial charge is 0.236 e. The molecule has 22 heavy (non-hydrogen) atoms. The van der Waals surface area contributed by atoms with Gasteiger partial charge in [-0.25, -0.2) is 4.98 Å². The van der Waals surface area contributed by atoms with Crippen LogP contribution in [0.3, 0.4) is 0 Å². The Morgan fingerprint density at radius 3 is 3.14 bits per heavy atom. The van der Waals surface area contributed by atoms with E-state index in [2.05, 4.69) is 28.8 Å². The van der Waals surface area contributed by atoms with Gasteiger partial charge in [-0.2, -0.15) is 5.26 Å². The highest BCUT2D eigenvalue weighted by atomic mass is 16.2. The Hall–Kier alpha value is -2.55. The number of anilines is 1. The highest BCUT2D eigenvalue weighted by molar-refractivity contribution is 5.89. The zero-order chi connectivity index (χ0) is 15.7. The first-order valence-electron chi connectivity index (χ1n) is 7.41. The lowest BCUT2D eigenvalue weighted by Crippen LogP contribution is -2.38. The number of likely N-dealkylation sites (N-methyl/N-ethyl adjacent to an activating group) is 1. The summed E-state index contributed by atoms with van der Waals surface area (Å²) in [6.07, 6.45) is 3.64. The Labute approximate surface area is 129 Å². The molecule has 0 unspecified atom stereocenters. The number of H-pyrrole nitrogens is 1. The first-order valence-corrected chi connectivity index (χ1v) is 7.41. The van der Waals surface area contributed by atoms with E-state index in [9.17, 15) is 4.79 Å². The Morgan fingerprint density at radius 1 is 1.55 bits per heavy atom. The second kappa shape index (κ2) is 5.68. The van der Waals surface area contributed by atoms with E-state index in [-0.39, 0.29) is 18.4 Å². The number of hydrogen-bond acceptors (Lipinski definition) is 4. The summed E-state index contributed by atoms with van der Waals surface area (Å²) >= 11 is 0. The molecule has 3 heterocycles. The molecule has 0 spiro atoms. The minimum atomic E-state index is -0.0771. The van der Waals surface area contributed by atoms with Gasteiger partial charge in [0, 0.05) is 43.6 Å². The number of nitrogens with zero attached hydrogens (tertiary/aromatic N) is 4. The average Bonchev–Trinajstić information content (AvgIpc) is 3.12. The van der Waals surface area contributed by atoms with Crippen LogP contribution in [0.1, 0.15) is 13.3 Å². The summed E-state index contributed by atoms with van der Waals surface area (Å²) in [6.45, 7) is 3.51. The van der Waals surface area contributed by atoms with Crippen LogP contribution in [0.2, 0.25) is 0 Å². The van der Waals surface area contributed by atoms with Crippen LogP contribution in [0.15, 0.2) is 24.5 Å². The number of amides is 1. The van der Waals surface area contributed by atoms with Crippen LogP contribution in [-0.2, 0) is 4.79 Å². The van der Waals surface area contributed by atoms with Gasteiger partial charge in [-0.05, 0) is 18.1 Å². The van der Waals surface area contributed by atoms with Crippen LogP contribution in [0.4, 0.5) is 5.69 Å². The second-order valence-corrected chi connectivity index (χ2v) is 5.86. The minimum absolute atomic E-state index is 0.0412. The van der Waals surface area contributed by atoms with Crippen molar-refractivity contribution in [2.24, 2.45) is 5.92 Å². The molecule has 1 saturated heterocycles. The van der Waals surface area contributed by atoms with Crippen molar-refractivity contribution in [1.82, 2.24) is 14.9 Å². The molecule has 2 aromatic heterocycles. The van der Waals surface area contributed by atoms with E-state index in [1.54, 1.807) is 11.1 Å². The molecule has 3 rings (SSSR count). The molecule has 6 heteroatoms. The molecule has 114 valence electrons. The van der Waals surface area contributed by atoms with E-state index < -0.39 is 0 Å². The molecule has 0 radical (unpaired) electrons. The summed E-state index contributed by atoms with van der Waals surface area (Å²) in [5.74, 6) is 0.279. The van der Waals surface area contributed by atoms with Crippen molar-refractivity contribution >= 4 is 22.6 Å². The predicted octanol–water partition coefficient (Wildman–Crippen LogP) is 1.76. The van der Waals surface area contributed by atoms with Crippen molar-refractivity contribution in [2.45, 2.75) is 19.4 Å². The predicted molar refractivity (Wildman–Crippen MR) is 84.3 cm³/mol. The number of fused-ring (bicyclic) bond motifs is 1. The van der Waals surface area contributed by atoms with Gasteiger partial charge in [-0.15, -0.1) is 0 Å². The molecule has 2 atom stereocenters. The van der Waals surface area contributed by atoms with E-state index in [4.69, 9.17) is 5.26 Å². The summed E-state index contributed by atoms with van der Waals surface area (Å²) in [7, 11) is 2.06. The molecule has 1 amide bonds. The van der Waals surface area contributed by atoms with Crippen LogP contribution in [0.25, 0.3) is 11.0 Å². The fourth-order valence-electron chi connectivity index (χ4n) is 3.27. The van der Waals surface area contributed by atoms with Crippen LogP contribution in [0, 0.1) is 17.2 Å². The number of hydrogen-bond donors (Lipinski definition) is 1. The lowest BCUT2D eigenvalue weighted by atomic mass is 10.0. The second-order valence-electron chi connectivity index (χ2n) is 5.86. The van der Waals surface area contributed by atoms with Crippen molar-refractivity contribution in [3.8, 4) is 6.07 Å². The molecule has 0 saturated carbocycles. The zero-order valence-corrected chi connectivity index (χ0v) is 12.8. The SMILES string of the molecule is C[C@H]1CN(C(=O)CC#N)C[C@H]1N(C)c1ccnc2[nH]ccc12. The molecule has 0 bridgehead atoms. The maximum Gasteiger partial charge on any atom is 0.236 e. The molecular weight excluding hydrogens is 278 g/mol. The van der Waals surface area contributed by atoms with E-state index in [0.717, 1.165) is 16.7 Å². The van der Waals surface area contributed by atoms with Gasteiger partial charge in [0.15, 0.2) is 0 Å². The van der Waals surface area contributed by atoms with Crippen LogP contribution < -0.4 is 4.90 Å². The third-order valence-electron chi connectivity index (χ3n) is 4.47. The Kier molecular flexibility index (Phi) is 3.72. The number of pyridine rings is 1. The molecule has 1 fully saturated rings. The number of carbonyl (C=O) groups is 1.